The third-order valence-corrected chi connectivity index (χ3v) is 5.15. The number of phenolic OH excluding ortho intramolecular Hbond substituents is 1. The van der Waals surface area contributed by atoms with Crippen LogP contribution >= 0.6 is 24.8 Å². The van der Waals surface area contributed by atoms with Crippen molar-refractivity contribution in [2.75, 3.05) is 26.2 Å². The summed E-state index contributed by atoms with van der Waals surface area (Å²) in [4.78, 5) is 2.59. The predicted octanol–water partition coefficient (Wildman–Crippen LogP) is 4.07. The van der Waals surface area contributed by atoms with E-state index in [0.29, 0.717) is 17.7 Å². The number of piperazine rings is 1. The Morgan fingerprint density at radius 3 is 2.35 bits per heavy atom. The fourth-order valence-corrected chi connectivity index (χ4v) is 4.06. The van der Waals surface area contributed by atoms with Crippen molar-refractivity contribution in [3.05, 3.63) is 29.3 Å². The van der Waals surface area contributed by atoms with Crippen LogP contribution in [0.5, 0.6) is 5.75 Å². The standard InChI is InChI=1S/C18H28N2O.2ClH/c1-14-7-8-16(17(21)13-14)18(15-5-3-2-4-6-15)20-11-9-19-10-12-20;;/h7-8,13,15,18-19,21H,2-6,9-12H2,1H3;2*1H/t18-;;/m1../s1. The summed E-state index contributed by atoms with van der Waals surface area (Å²) in [5, 5.41) is 13.9. The fourth-order valence-electron chi connectivity index (χ4n) is 4.06. The number of hydrogen-bond acceptors (Lipinski definition) is 3. The quantitative estimate of drug-likeness (QED) is 0.852. The van der Waals surface area contributed by atoms with Gasteiger partial charge in [-0.3, -0.25) is 4.90 Å². The number of hydrogen-bond donors (Lipinski definition) is 2. The summed E-state index contributed by atoms with van der Waals surface area (Å²) in [6.07, 6.45) is 6.69. The number of nitrogens with one attached hydrogen (secondary N) is 1. The van der Waals surface area contributed by atoms with E-state index in [1.54, 1.807) is 0 Å². The van der Waals surface area contributed by atoms with Gasteiger partial charge in [0, 0.05) is 37.8 Å². The molecule has 2 aliphatic rings. The van der Waals surface area contributed by atoms with E-state index in [1.165, 1.54) is 32.1 Å². The topological polar surface area (TPSA) is 35.5 Å². The maximum Gasteiger partial charge on any atom is 0.120 e. The molecule has 0 bridgehead atoms. The van der Waals surface area contributed by atoms with Crippen LogP contribution in [0.15, 0.2) is 18.2 Å². The minimum absolute atomic E-state index is 0. The van der Waals surface area contributed by atoms with Gasteiger partial charge >= 0.3 is 0 Å². The van der Waals surface area contributed by atoms with E-state index >= 15 is 0 Å². The van der Waals surface area contributed by atoms with Crippen LogP contribution in [0, 0.1) is 12.8 Å². The molecule has 0 spiro atoms. The lowest BCUT2D eigenvalue weighted by Gasteiger charge is -2.41. The fraction of sp³-hybridized carbons (Fsp3) is 0.667. The van der Waals surface area contributed by atoms with Crippen LogP contribution in [0.25, 0.3) is 0 Å². The second-order valence-corrected chi connectivity index (χ2v) is 6.69. The molecule has 0 aromatic heterocycles. The van der Waals surface area contributed by atoms with Crippen LogP contribution in [-0.2, 0) is 0 Å². The van der Waals surface area contributed by atoms with Crippen molar-refractivity contribution in [1.29, 1.82) is 0 Å². The molecule has 23 heavy (non-hydrogen) atoms. The second-order valence-electron chi connectivity index (χ2n) is 6.69. The highest BCUT2D eigenvalue weighted by atomic mass is 35.5. The molecule has 2 N–H and O–H groups in total. The van der Waals surface area contributed by atoms with Crippen LogP contribution in [0.3, 0.4) is 0 Å². The van der Waals surface area contributed by atoms with E-state index in [2.05, 4.69) is 22.3 Å². The Balaban J connectivity index is 0.00000132. The Morgan fingerprint density at radius 1 is 1.09 bits per heavy atom. The highest BCUT2D eigenvalue weighted by Gasteiger charge is 2.32. The summed E-state index contributed by atoms with van der Waals surface area (Å²) in [6, 6.07) is 6.62. The van der Waals surface area contributed by atoms with Gasteiger partial charge in [0.2, 0.25) is 0 Å². The second kappa shape index (κ2) is 9.73. The average Bonchev–Trinajstić information content (AvgIpc) is 2.52. The van der Waals surface area contributed by atoms with E-state index in [1.807, 2.05) is 13.0 Å². The van der Waals surface area contributed by atoms with Gasteiger partial charge in [0.15, 0.2) is 0 Å². The van der Waals surface area contributed by atoms with Gasteiger partial charge in [-0.1, -0.05) is 31.4 Å². The molecule has 1 aliphatic carbocycles. The molecule has 0 radical (unpaired) electrons. The van der Waals surface area contributed by atoms with Gasteiger partial charge in [-0.05, 0) is 37.3 Å². The molecule has 1 aromatic carbocycles. The molecule has 3 nitrogen and oxygen atoms in total. The van der Waals surface area contributed by atoms with Crippen LogP contribution < -0.4 is 5.32 Å². The molecule has 2 fully saturated rings. The summed E-state index contributed by atoms with van der Waals surface area (Å²) in [6.45, 7) is 6.36. The van der Waals surface area contributed by atoms with Gasteiger partial charge in [-0.2, -0.15) is 0 Å². The Kier molecular flexibility index (Phi) is 8.70. The normalized spacial score (nSPS) is 21.1. The zero-order valence-electron chi connectivity index (χ0n) is 14.0. The van der Waals surface area contributed by atoms with Crippen molar-refractivity contribution in [3.63, 3.8) is 0 Å². The lowest BCUT2D eigenvalue weighted by atomic mass is 9.79. The van der Waals surface area contributed by atoms with E-state index in [-0.39, 0.29) is 24.8 Å². The summed E-state index contributed by atoms with van der Waals surface area (Å²) in [5.41, 5.74) is 2.29. The lowest BCUT2D eigenvalue weighted by Crippen LogP contribution is -2.47. The van der Waals surface area contributed by atoms with Gasteiger partial charge in [0.1, 0.15) is 5.75 Å². The molecule has 1 aromatic rings. The van der Waals surface area contributed by atoms with Crippen LogP contribution in [0.2, 0.25) is 0 Å². The maximum atomic E-state index is 10.5. The molecule has 5 heteroatoms. The van der Waals surface area contributed by atoms with Gasteiger partial charge < -0.3 is 10.4 Å². The molecular formula is C18H30Cl2N2O. The first-order valence-corrected chi connectivity index (χ1v) is 8.50. The van der Waals surface area contributed by atoms with Crippen molar-refractivity contribution in [1.82, 2.24) is 10.2 Å². The number of aromatic hydroxyl groups is 1. The first kappa shape index (κ1) is 20.6. The maximum absolute atomic E-state index is 10.5. The number of nitrogens with zero attached hydrogens (tertiary/aromatic N) is 1. The number of benzene rings is 1. The highest BCUT2D eigenvalue weighted by molar-refractivity contribution is 5.85. The van der Waals surface area contributed by atoms with Gasteiger partial charge in [-0.25, -0.2) is 0 Å². The van der Waals surface area contributed by atoms with Gasteiger partial charge in [-0.15, -0.1) is 24.8 Å². The molecule has 1 aliphatic heterocycles. The molecule has 0 unspecified atom stereocenters. The Morgan fingerprint density at radius 2 is 1.74 bits per heavy atom. The Labute approximate surface area is 152 Å². The Bertz CT molecular complexity index is 454. The van der Waals surface area contributed by atoms with E-state index in [0.717, 1.165) is 37.3 Å². The third kappa shape index (κ3) is 4.99. The molecule has 0 amide bonds. The summed E-state index contributed by atoms with van der Waals surface area (Å²) in [5.74, 6) is 1.19. The van der Waals surface area contributed by atoms with E-state index < -0.39 is 0 Å². The first-order valence-electron chi connectivity index (χ1n) is 8.50. The summed E-state index contributed by atoms with van der Waals surface area (Å²) in [7, 11) is 0. The van der Waals surface area contributed by atoms with Crippen LogP contribution in [0.1, 0.15) is 49.3 Å². The lowest BCUT2D eigenvalue weighted by molar-refractivity contribution is 0.101. The third-order valence-electron chi connectivity index (χ3n) is 5.15. The van der Waals surface area contributed by atoms with Crippen molar-refractivity contribution < 1.29 is 5.11 Å². The molecule has 132 valence electrons. The van der Waals surface area contributed by atoms with Crippen molar-refractivity contribution in [2.24, 2.45) is 5.92 Å². The van der Waals surface area contributed by atoms with Crippen molar-refractivity contribution in [3.8, 4) is 5.75 Å². The molecule has 1 atom stereocenters. The average molecular weight is 361 g/mol. The van der Waals surface area contributed by atoms with Crippen molar-refractivity contribution in [2.45, 2.75) is 45.1 Å². The zero-order valence-corrected chi connectivity index (χ0v) is 15.6. The number of rotatable bonds is 3. The smallest absolute Gasteiger partial charge is 0.120 e. The number of aryl methyl sites for hydroxylation is 1. The highest BCUT2D eigenvalue weighted by Crippen LogP contribution is 2.41. The number of halogens is 2. The molecule has 1 saturated heterocycles. The molecule has 1 saturated carbocycles. The summed E-state index contributed by atoms with van der Waals surface area (Å²) >= 11 is 0. The Hall–Kier alpha value is -0.480. The molecular weight excluding hydrogens is 331 g/mol. The minimum atomic E-state index is 0. The monoisotopic (exact) mass is 360 g/mol. The minimum Gasteiger partial charge on any atom is -0.508 e. The summed E-state index contributed by atoms with van der Waals surface area (Å²) < 4.78 is 0. The van der Waals surface area contributed by atoms with Crippen LogP contribution in [0.4, 0.5) is 0 Å². The SMILES string of the molecule is Cc1ccc([C@@H](C2CCCCC2)N2CCNCC2)c(O)c1.Cl.Cl. The number of phenols is 1. The van der Waals surface area contributed by atoms with E-state index in [9.17, 15) is 5.11 Å². The van der Waals surface area contributed by atoms with Gasteiger partial charge in [0.25, 0.3) is 0 Å². The zero-order chi connectivity index (χ0) is 14.7. The molecule has 1 heterocycles. The van der Waals surface area contributed by atoms with Crippen molar-refractivity contribution >= 4 is 24.8 Å². The first-order chi connectivity index (χ1) is 10.3. The van der Waals surface area contributed by atoms with E-state index in [4.69, 9.17) is 0 Å². The predicted molar refractivity (Wildman–Crippen MR) is 101 cm³/mol. The van der Waals surface area contributed by atoms with Gasteiger partial charge in [0.05, 0.1) is 0 Å². The molecule has 3 rings (SSSR count). The van der Waals surface area contributed by atoms with Crippen LogP contribution in [-0.4, -0.2) is 36.2 Å². The largest absolute Gasteiger partial charge is 0.508 e.